The summed E-state index contributed by atoms with van der Waals surface area (Å²) in [6.07, 6.45) is 1.22. The minimum absolute atomic E-state index is 0.000926. The molecule has 116 valence electrons. The number of carboxylic acid groups (broad SMARTS) is 1. The molecule has 0 aliphatic carbocycles. The number of para-hydroxylation sites is 1. The Kier molecular flexibility index (Phi) is 3.48. The Bertz CT molecular complexity index is 710. The molecule has 3 N–H and O–H groups in total. The minimum Gasteiger partial charge on any atom is -0.480 e. The van der Waals surface area contributed by atoms with Crippen LogP contribution in [0.5, 0.6) is 0 Å². The molecule has 1 aliphatic rings. The first-order chi connectivity index (χ1) is 10.5. The van der Waals surface area contributed by atoms with Crippen molar-refractivity contribution in [3.05, 3.63) is 35.7 Å². The number of anilines is 2. The van der Waals surface area contributed by atoms with E-state index in [2.05, 4.69) is 16.1 Å². The van der Waals surface area contributed by atoms with Gasteiger partial charge in [-0.3, -0.25) is 0 Å². The normalized spacial score (nSPS) is 20.5. The molecule has 0 amide bonds. The van der Waals surface area contributed by atoms with Crippen LogP contribution in [0.15, 0.2) is 24.3 Å². The van der Waals surface area contributed by atoms with Crippen molar-refractivity contribution in [2.45, 2.75) is 24.8 Å². The van der Waals surface area contributed by atoms with Crippen molar-refractivity contribution in [1.82, 2.24) is 14.8 Å². The summed E-state index contributed by atoms with van der Waals surface area (Å²) in [5.74, 6) is -0.148. The van der Waals surface area contributed by atoms with Gasteiger partial charge in [-0.1, -0.05) is 18.2 Å². The smallest absolute Gasteiger partial charge is 0.328 e. The van der Waals surface area contributed by atoms with Crippen LogP contribution in [0.1, 0.15) is 36.2 Å². The molecule has 7 heteroatoms. The van der Waals surface area contributed by atoms with E-state index in [1.807, 2.05) is 37.2 Å². The summed E-state index contributed by atoms with van der Waals surface area (Å²) >= 11 is 0. The van der Waals surface area contributed by atoms with E-state index in [1.165, 1.54) is 4.68 Å². The van der Waals surface area contributed by atoms with E-state index < -0.39 is 12.0 Å². The number of hydrogen-bond donors (Lipinski definition) is 2. The number of fused-ring (bicyclic) bond motifs is 1. The highest BCUT2D eigenvalue weighted by Gasteiger charge is 2.35. The Balaban J connectivity index is 2.10. The minimum atomic E-state index is -0.898. The quantitative estimate of drug-likeness (QED) is 0.891. The Morgan fingerprint density at radius 3 is 2.77 bits per heavy atom. The van der Waals surface area contributed by atoms with E-state index in [-0.39, 0.29) is 11.9 Å². The highest BCUT2D eigenvalue weighted by Crippen LogP contribution is 2.40. The van der Waals surface area contributed by atoms with Crippen molar-refractivity contribution < 1.29 is 9.90 Å². The number of nitrogens with zero attached hydrogens (tertiary/aromatic N) is 4. The average molecular weight is 301 g/mol. The van der Waals surface area contributed by atoms with Crippen molar-refractivity contribution in [3.63, 3.8) is 0 Å². The van der Waals surface area contributed by atoms with Gasteiger partial charge in [-0.25, -0.2) is 9.48 Å². The van der Waals surface area contributed by atoms with Gasteiger partial charge >= 0.3 is 5.97 Å². The molecule has 1 aromatic heterocycles. The van der Waals surface area contributed by atoms with Gasteiger partial charge in [0.1, 0.15) is 5.82 Å². The fourth-order valence-corrected chi connectivity index (χ4v) is 3.11. The maximum absolute atomic E-state index is 11.4. The van der Waals surface area contributed by atoms with Crippen molar-refractivity contribution in [2.24, 2.45) is 0 Å². The van der Waals surface area contributed by atoms with Gasteiger partial charge in [0.05, 0.1) is 0 Å². The number of rotatable bonds is 3. The van der Waals surface area contributed by atoms with E-state index in [4.69, 9.17) is 5.73 Å². The fourth-order valence-electron chi connectivity index (χ4n) is 3.11. The van der Waals surface area contributed by atoms with Crippen LogP contribution in [0.4, 0.5) is 11.6 Å². The van der Waals surface area contributed by atoms with E-state index in [0.717, 1.165) is 11.3 Å². The number of benzene rings is 1. The third-order valence-corrected chi connectivity index (χ3v) is 4.09. The number of aromatic nitrogens is 3. The number of carboxylic acids is 1. The van der Waals surface area contributed by atoms with Crippen molar-refractivity contribution in [1.29, 1.82) is 0 Å². The standard InChI is InChI=1S/C15H19N5O2/c1-19(2)11-6-4-3-5-9(11)10-7-8-12(14(21)22)20-13(10)17-15(16)18-20/h3-6,10,12H,7-8H2,1-2H3,(H2,16,18)(H,21,22). The molecule has 0 radical (unpaired) electrons. The number of aliphatic carboxylic acids is 1. The molecule has 2 aromatic rings. The largest absolute Gasteiger partial charge is 0.480 e. The lowest BCUT2D eigenvalue weighted by molar-refractivity contribution is -0.141. The highest BCUT2D eigenvalue weighted by molar-refractivity contribution is 5.72. The molecule has 0 spiro atoms. The number of hydrogen-bond acceptors (Lipinski definition) is 5. The fraction of sp³-hybridized carbons (Fsp3) is 0.400. The summed E-state index contributed by atoms with van der Waals surface area (Å²) in [6, 6.07) is 7.37. The molecule has 2 atom stereocenters. The van der Waals surface area contributed by atoms with Crippen molar-refractivity contribution in [2.75, 3.05) is 24.7 Å². The summed E-state index contributed by atoms with van der Waals surface area (Å²) in [7, 11) is 3.97. The second-order valence-corrected chi connectivity index (χ2v) is 5.71. The Labute approximate surface area is 128 Å². The maximum atomic E-state index is 11.4. The summed E-state index contributed by atoms with van der Waals surface area (Å²) in [5, 5.41) is 13.4. The zero-order valence-corrected chi connectivity index (χ0v) is 12.6. The van der Waals surface area contributed by atoms with Gasteiger partial charge in [0.25, 0.3) is 0 Å². The SMILES string of the molecule is CN(C)c1ccccc1C1CCC(C(=O)O)n2nc(N)nc21. The second kappa shape index (κ2) is 5.32. The first-order valence-corrected chi connectivity index (χ1v) is 7.20. The molecular formula is C15H19N5O2. The molecule has 1 aliphatic heterocycles. The van der Waals surface area contributed by atoms with Gasteiger partial charge in [-0.05, 0) is 24.5 Å². The predicted molar refractivity (Wildman–Crippen MR) is 83.0 cm³/mol. The van der Waals surface area contributed by atoms with Crippen LogP contribution in [-0.2, 0) is 4.79 Å². The van der Waals surface area contributed by atoms with Crippen LogP contribution in [0.3, 0.4) is 0 Å². The highest BCUT2D eigenvalue weighted by atomic mass is 16.4. The number of carbonyl (C=O) groups is 1. The van der Waals surface area contributed by atoms with Crippen molar-refractivity contribution >= 4 is 17.6 Å². The molecule has 0 saturated carbocycles. The third-order valence-electron chi connectivity index (χ3n) is 4.09. The lowest BCUT2D eigenvalue weighted by Gasteiger charge is -2.29. The Hall–Kier alpha value is -2.57. The molecule has 3 rings (SSSR count). The lowest BCUT2D eigenvalue weighted by Crippen LogP contribution is -2.29. The summed E-state index contributed by atoms with van der Waals surface area (Å²) in [6.45, 7) is 0. The van der Waals surface area contributed by atoms with Gasteiger partial charge in [0, 0.05) is 25.7 Å². The summed E-state index contributed by atoms with van der Waals surface area (Å²) in [4.78, 5) is 17.7. The van der Waals surface area contributed by atoms with Crippen LogP contribution in [0.2, 0.25) is 0 Å². The van der Waals surface area contributed by atoms with Gasteiger partial charge in [0.15, 0.2) is 6.04 Å². The average Bonchev–Trinajstić information content (AvgIpc) is 2.87. The molecule has 7 nitrogen and oxygen atoms in total. The third kappa shape index (κ3) is 2.28. The lowest BCUT2D eigenvalue weighted by atomic mass is 9.87. The number of nitrogens with two attached hydrogens (primary N) is 1. The van der Waals surface area contributed by atoms with Crippen LogP contribution >= 0.6 is 0 Å². The summed E-state index contributed by atoms with van der Waals surface area (Å²) in [5.41, 5.74) is 7.92. The van der Waals surface area contributed by atoms with E-state index in [0.29, 0.717) is 18.7 Å². The number of nitrogen functional groups attached to an aromatic ring is 1. The molecular weight excluding hydrogens is 282 g/mol. The molecule has 2 heterocycles. The predicted octanol–water partition coefficient (Wildman–Crippen LogP) is 1.48. The van der Waals surface area contributed by atoms with Gasteiger partial charge < -0.3 is 15.7 Å². The first kappa shape index (κ1) is 14.4. The van der Waals surface area contributed by atoms with Crippen molar-refractivity contribution in [3.8, 4) is 0 Å². The molecule has 1 aromatic carbocycles. The molecule has 0 saturated heterocycles. The van der Waals surface area contributed by atoms with E-state index in [9.17, 15) is 9.90 Å². The van der Waals surface area contributed by atoms with Gasteiger partial charge in [0.2, 0.25) is 5.95 Å². The molecule has 0 fully saturated rings. The molecule has 22 heavy (non-hydrogen) atoms. The van der Waals surface area contributed by atoms with Gasteiger partial charge in [-0.15, -0.1) is 5.10 Å². The monoisotopic (exact) mass is 301 g/mol. The van der Waals surface area contributed by atoms with Crippen LogP contribution < -0.4 is 10.6 Å². The Morgan fingerprint density at radius 1 is 1.36 bits per heavy atom. The zero-order chi connectivity index (χ0) is 15.9. The zero-order valence-electron chi connectivity index (χ0n) is 12.6. The summed E-state index contributed by atoms with van der Waals surface area (Å²) < 4.78 is 1.47. The van der Waals surface area contributed by atoms with E-state index >= 15 is 0 Å². The van der Waals surface area contributed by atoms with Crippen LogP contribution in [0, 0.1) is 0 Å². The van der Waals surface area contributed by atoms with Crippen LogP contribution in [0.25, 0.3) is 0 Å². The van der Waals surface area contributed by atoms with E-state index in [1.54, 1.807) is 0 Å². The second-order valence-electron chi connectivity index (χ2n) is 5.71. The van der Waals surface area contributed by atoms with Gasteiger partial charge in [-0.2, -0.15) is 4.98 Å². The van der Waals surface area contributed by atoms with Crippen LogP contribution in [-0.4, -0.2) is 39.9 Å². The molecule has 2 unspecified atom stereocenters. The maximum Gasteiger partial charge on any atom is 0.328 e. The topological polar surface area (TPSA) is 97.3 Å². The molecule has 0 bridgehead atoms. The first-order valence-electron chi connectivity index (χ1n) is 7.20. The Morgan fingerprint density at radius 2 is 2.09 bits per heavy atom.